The molecule has 0 saturated carbocycles. The molecular weight excluding hydrogens is 295 g/mol. The molecule has 0 aliphatic rings. The van der Waals surface area contributed by atoms with Crippen LogP contribution in [0.15, 0.2) is 23.1 Å². The molecule has 0 aromatic heterocycles. The highest BCUT2D eigenvalue weighted by atomic mass is 32.2. The van der Waals surface area contributed by atoms with Crippen LogP contribution in [0.3, 0.4) is 0 Å². The maximum absolute atomic E-state index is 13.1. The van der Waals surface area contributed by atoms with E-state index in [1.54, 1.807) is 0 Å². The number of halogens is 1. The summed E-state index contributed by atoms with van der Waals surface area (Å²) < 4.78 is 61.1. The van der Waals surface area contributed by atoms with Crippen molar-refractivity contribution in [2.45, 2.75) is 11.8 Å². The van der Waals surface area contributed by atoms with Crippen molar-refractivity contribution < 1.29 is 21.2 Å². The third-order valence-corrected chi connectivity index (χ3v) is 5.50. The first-order valence-corrected chi connectivity index (χ1v) is 8.73. The third kappa shape index (κ3) is 4.77. The molecule has 0 saturated heterocycles. The average Bonchev–Trinajstić information content (AvgIpc) is 2.27. The van der Waals surface area contributed by atoms with E-state index in [0.717, 1.165) is 18.2 Å². The zero-order valence-corrected chi connectivity index (χ0v) is 11.9. The number of benzene rings is 1. The molecule has 9 heteroatoms. The van der Waals surface area contributed by atoms with Gasteiger partial charge in [0.15, 0.2) is 9.84 Å². The van der Waals surface area contributed by atoms with Crippen molar-refractivity contribution in [2.75, 3.05) is 23.8 Å². The number of hydrogen-bond acceptors (Lipinski definition) is 5. The van der Waals surface area contributed by atoms with E-state index < -0.39 is 25.7 Å². The standard InChI is InChI=1S/C10H15FN2O4S2/c1-2-18(14,15)4-3-13-19(16,17)10-6-8(11)5-9(12)7-10/h5-7,13H,2-4,12H2,1H3. The zero-order valence-electron chi connectivity index (χ0n) is 10.3. The second-order valence-corrected chi connectivity index (χ2v) is 8.09. The van der Waals surface area contributed by atoms with Gasteiger partial charge in [-0.05, 0) is 18.2 Å². The summed E-state index contributed by atoms with van der Waals surface area (Å²) in [6.45, 7) is 1.20. The van der Waals surface area contributed by atoms with E-state index in [-0.39, 0.29) is 28.6 Å². The van der Waals surface area contributed by atoms with E-state index in [0.29, 0.717) is 0 Å². The van der Waals surface area contributed by atoms with Crippen molar-refractivity contribution in [2.24, 2.45) is 0 Å². The minimum atomic E-state index is -3.97. The molecule has 0 aliphatic heterocycles. The molecule has 19 heavy (non-hydrogen) atoms. The van der Waals surface area contributed by atoms with Crippen LogP contribution in [-0.2, 0) is 19.9 Å². The number of nitrogen functional groups attached to an aromatic ring is 1. The Morgan fingerprint density at radius 2 is 1.84 bits per heavy atom. The SMILES string of the molecule is CCS(=O)(=O)CCNS(=O)(=O)c1cc(N)cc(F)c1. The van der Waals surface area contributed by atoms with E-state index in [1.165, 1.54) is 6.92 Å². The van der Waals surface area contributed by atoms with Gasteiger partial charge in [-0.15, -0.1) is 0 Å². The van der Waals surface area contributed by atoms with Crippen LogP contribution in [0.4, 0.5) is 10.1 Å². The first-order chi connectivity index (χ1) is 8.66. The maximum atomic E-state index is 13.1. The Bertz CT molecular complexity index is 636. The first-order valence-electron chi connectivity index (χ1n) is 5.42. The Morgan fingerprint density at radius 1 is 1.21 bits per heavy atom. The van der Waals surface area contributed by atoms with Crippen LogP contribution < -0.4 is 10.5 Å². The number of rotatable bonds is 6. The second kappa shape index (κ2) is 5.85. The summed E-state index contributed by atoms with van der Waals surface area (Å²) in [7, 11) is -7.24. The summed E-state index contributed by atoms with van der Waals surface area (Å²) in [4.78, 5) is -0.334. The van der Waals surface area contributed by atoms with E-state index in [4.69, 9.17) is 5.73 Å². The monoisotopic (exact) mass is 310 g/mol. The molecule has 1 aromatic carbocycles. The highest BCUT2D eigenvalue weighted by Gasteiger charge is 2.17. The van der Waals surface area contributed by atoms with Crippen LogP contribution >= 0.6 is 0 Å². The molecule has 0 heterocycles. The predicted molar refractivity (Wildman–Crippen MR) is 70.3 cm³/mol. The Hall–Kier alpha value is -1.19. The first kappa shape index (κ1) is 15.9. The lowest BCUT2D eigenvalue weighted by Crippen LogP contribution is -2.29. The highest BCUT2D eigenvalue weighted by molar-refractivity contribution is 7.91. The average molecular weight is 310 g/mol. The van der Waals surface area contributed by atoms with Crippen LogP contribution in [0, 0.1) is 5.82 Å². The van der Waals surface area contributed by atoms with E-state index >= 15 is 0 Å². The van der Waals surface area contributed by atoms with Gasteiger partial charge < -0.3 is 5.73 Å². The Kier molecular flexibility index (Phi) is 4.88. The lowest BCUT2D eigenvalue weighted by atomic mass is 10.3. The van der Waals surface area contributed by atoms with Gasteiger partial charge in [-0.25, -0.2) is 25.9 Å². The summed E-state index contributed by atoms with van der Waals surface area (Å²) >= 11 is 0. The van der Waals surface area contributed by atoms with E-state index in [2.05, 4.69) is 4.72 Å². The molecule has 0 radical (unpaired) electrons. The van der Waals surface area contributed by atoms with Crippen LogP contribution in [0.5, 0.6) is 0 Å². The number of anilines is 1. The van der Waals surface area contributed by atoms with Gasteiger partial charge >= 0.3 is 0 Å². The molecule has 0 unspecified atom stereocenters. The molecule has 6 nitrogen and oxygen atoms in total. The molecule has 0 amide bonds. The van der Waals surface area contributed by atoms with Crippen molar-refractivity contribution in [3.05, 3.63) is 24.0 Å². The maximum Gasteiger partial charge on any atom is 0.240 e. The van der Waals surface area contributed by atoms with Crippen molar-refractivity contribution >= 4 is 25.5 Å². The summed E-state index contributed by atoms with van der Waals surface area (Å²) in [6.07, 6.45) is 0. The summed E-state index contributed by atoms with van der Waals surface area (Å²) in [6, 6.07) is 2.90. The fourth-order valence-corrected chi connectivity index (χ4v) is 3.23. The van der Waals surface area contributed by atoms with Gasteiger partial charge in [0.05, 0.1) is 10.6 Å². The van der Waals surface area contributed by atoms with Crippen molar-refractivity contribution in [3.8, 4) is 0 Å². The minimum absolute atomic E-state index is 0.0263. The van der Waals surface area contributed by atoms with E-state index in [9.17, 15) is 21.2 Å². The predicted octanol–water partition coefficient (Wildman–Crippen LogP) is 0.121. The van der Waals surface area contributed by atoms with Gasteiger partial charge in [0.25, 0.3) is 0 Å². The zero-order chi connectivity index (χ0) is 14.7. The van der Waals surface area contributed by atoms with Gasteiger partial charge in [0, 0.05) is 18.0 Å². The summed E-state index contributed by atoms with van der Waals surface area (Å²) in [5.41, 5.74) is 5.32. The van der Waals surface area contributed by atoms with Crippen molar-refractivity contribution in [1.29, 1.82) is 0 Å². The third-order valence-electron chi connectivity index (χ3n) is 2.35. The summed E-state index contributed by atoms with van der Waals surface area (Å²) in [5.74, 6) is -1.16. The molecule has 3 N–H and O–H groups in total. The number of nitrogens with two attached hydrogens (primary N) is 1. The minimum Gasteiger partial charge on any atom is -0.399 e. The van der Waals surface area contributed by atoms with Crippen molar-refractivity contribution in [1.82, 2.24) is 4.72 Å². The van der Waals surface area contributed by atoms with Crippen LogP contribution in [-0.4, -0.2) is 34.9 Å². The molecule has 0 spiro atoms. The molecule has 0 fully saturated rings. The van der Waals surface area contributed by atoms with Crippen LogP contribution in [0.2, 0.25) is 0 Å². The highest BCUT2D eigenvalue weighted by Crippen LogP contribution is 2.15. The van der Waals surface area contributed by atoms with Gasteiger partial charge in [-0.2, -0.15) is 0 Å². The van der Waals surface area contributed by atoms with Gasteiger partial charge in [0.1, 0.15) is 5.82 Å². The number of nitrogens with one attached hydrogen (secondary N) is 1. The molecular formula is C10H15FN2O4S2. The smallest absolute Gasteiger partial charge is 0.240 e. The quantitative estimate of drug-likeness (QED) is 0.726. The van der Waals surface area contributed by atoms with Crippen LogP contribution in [0.1, 0.15) is 6.92 Å². The van der Waals surface area contributed by atoms with Gasteiger partial charge in [-0.1, -0.05) is 6.92 Å². The van der Waals surface area contributed by atoms with Crippen molar-refractivity contribution in [3.63, 3.8) is 0 Å². The fourth-order valence-electron chi connectivity index (χ4n) is 1.30. The normalized spacial score (nSPS) is 12.5. The summed E-state index contributed by atoms with van der Waals surface area (Å²) in [5, 5.41) is 0. The van der Waals surface area contributed by atoms with Gasteiger partial charge in [0.2, 0.25) is 10.0 Å². The number of hydrogen-bond donors (Lipinski definition) is 2. The number of sulfone groups is 1. The van der Waals surface area contributed by atoms with E-state index in [1.807, 2.05) is 0 Å². The Morgan fingerprint density at radius 3 is 2.37 bits per heavy atom. The van der Waals surface area contributed by atoms with Crippen LogP contribution in [0.25, 0.3) is 0 Å². The molecule has 0 aliphatic carbocycles. The molecule has 1 rings (SSSR count). The molecule has 1 aromatic rings. The molecule has 0 bridgehead atoms. The lowest BCUT2D eigenvalue weighted by molar-refractivity contribution is 0.577. The molecule has 108 valence electrons. The molecule has 0 atom stereocenters. The fraction of sp³-hybridized carbons (Fsp3) is 0.400. The topological polar surface area (TPSA) is 106 Å². The Labute approximate surface area is 111 Å². The van der Waals surface area contributed by atoms with Gasteiger partial charge in [-0.3, -0.25) is 0 Å². The largest absolute Gasteiger partial charge is 0.399 e. The second-order valence-electron chi connectivity index (χ2n) is 3.85. The lowest BCUT2D eigenvalue weighted by Gasteiger charge is -2.07. The number of sulfonamides is 1. The Balaban J connectivity index is 2.82.